The number of aliphatic hydroxyl groups is 1. The smallest absolute Gasteiger partial charge is 0.317 e. The van der Waals surface area contributed by atoms with E-state index in [1.165, 1.54) is 11.8 Å². The summed E-state index contributed by atoms with van der Waals surface area (Å²) in [4.78, 5) is 22.7. The highest BCUT2D eigenvalue weighted by atomic mass is 16.5. The zero-order valence-electron chi connectivity index (χ0n) is 9.83. The molecule has 0 aromatic heterocycles. The van der Waals surface area contributed by atoms with Crippen LogP contribution in [0.4, 0.5) is 0 Å². The first-order valence-corrected chi connectivity index (χ1v) is 5.33. The maximum Gasteiger partial charge on any atom is 0.317 e. The topological polar surface area (TPSA) is 107 Å². The van der Waals surface area contributed by atoms with Crippen LogP contribution in [-0.2, 0) is 14.3 Å². The van der Waals surface area contributed by atoms with Crippen molar-refractivity contribution in [1.29, 1.82) is 0 Å². The predicted molar refractivity (Wildman–Crippen MR) is 58.8 cm³/mol. The summed E-state index contributed by atoms with van der Waals surface area (Å²) >= 11 is 0. The SMILES string of the molecule is CC(CN(CCOCCO)CC(=O)O)C(=O)O. The number of hydrogen-bond donors (Lipinski definition) is 3. The second-order valence-electron chi connectivity index (χ2n) is 3.70. The van der Waals surface area contributed by atoms with Crippen LogP contribution in [0.5, 0.6) is 0 Å². The van der Waals surface area contributed by atoms with E-state index in [1.807, 2.05) is 0 Å². The molecule has 7 nitrogen and oxygen atoms in total. The number of ether oxygens (including phenoxy) is 1. The summed E-state index contributed by atoms with van der Waals surface area (Å²) in [7, 11) is 0. The standard InChI is InChI=1S/C10H19NO6/c1-8(10(15)16)6-11(7-9(13)14)2-4-17-5-3-12/h8,12H,2-7H2,1H3,(H,13,14)(H,15,16). The summed E-state index contributed by atoms with van der Waals surface area (Å²) < 4.78 is 5.00. The molecule has 7 heteroatoms. The van der Waals surface area contributed by atoms with Gasteiger partial charge in [-0.05, 0) is 0 Å². The lowest BCUT2D eigenvalue weighted by Gasteiger charge is -2.21. The minimum absolute atomic E-state index is 0.0928. The normalized spacial score (nSPS) is 12.6. The van der Waals surface area contributed by atoms with Gasteiger partial charge in [-0.1, -0.05) is 6.92 Å². The molecule has 100 valence electrons. The van der Waals surface area contributed by atoms with Crippen molar-refractivity contribution in [1.82, 2.24) is 4.90 Å². The van der Waals surface area contributed by atoms with Crippen molar-refractivity contribution in [3.05, 3.63) is 0 Å². The molecule has 0 aliphatic carbocycles. The number of aliphatic hydroxyl groups excluding tert-OH is 1. The Kier molecular flexibility index (Phi) is 8.29. The van der Waals surface area contributed by atoms with Gasteiger partial charge in [-0.3, -0.25) is 14.5 Å². The van der Waals surface area contributed by atoms with Crippen LogP contribution in [-0.4, -0.2) is 71.6 Å². The fourth-order valence-corrected chi connectivity index (χ4v) is 1.25. The maximum absolute atomic E-state index is 10.7. The molecule has 0 aromatic carbocycles. The zero-order chi connectivity index (χ0) is 13.3. The third-order valence-electron chi connectivity index (χ3n) is 2.10. The summed E-state index contributed by atoms with van der Waals surface area (Å²) in [5, 5.41) is 25.9. The first kappa shape index (κ1) is 15.8. The molecule has 0 spiro atoms. The first-order chi connectivity index (χ1) is 7.97. The highest BCUT2D eigenvalue weighted by Gasteiger charge is 2.17. The molecular formula is C10H19NO6. The number of hydrogen-bond acceptors (Lipinski definition) is 5. The molecule has 0 aromatic rings. The molecule has 17 heavy (non-hydrogen) atoms. The van der Waals surface area contributed by atoms with Gasteiger partial charge in [0.05, 0.1) is 32.3 Å². The predicted octanol–water partition coefficient (Wildman–Crippen LogP) is -0.897. The first-order valence-electron chi connectivity index (χ1n) is 5.33. The van der Waals surface area contributed by atoms with Crippen molar-refractivity contribution in [2.45, 2.75) is 6.92 Å². The van der Waals surface area contributed by atoms with Crippen LogP contribution < -0.4 is 0 Å². The van der Waals surface area contributed by atoms with E-state index in [9.17, 15) is 9.59 Å². The van der Waals surface area contributed by atoms with Gasteiger partial charge in [-0.2, -0.15) is 0 Å². The van der Waals surface area contributed by atoms with Crippen molar-refractivity contribution in [3.63, 3.8) is 0 Å². The van der Waals surface area contributed by atoms with E-state index < -0.39 is 17.9 Å². The Labute approximate surface area is 99.6 Å². The van der Waals surface area contributed by atoms with Crippen molar-refractivity contribution in [3.8, 4) is 0 Å². The van der Waals surface area contributed by atoms with E-state index in [0.29, 0.717) is 6.54 Å². The largest absolute Gasteiger partial charge is 0.481 e. The van der Waals surface area contributed by atoms with E-state index in [1.54, 1.807) is 0 Å². The zero-order valence-corrected chi connectivity index (χ0v) is 9.83. The van der Waals surface area contributed by atoms with Crippen LogP contribution in [0.3, 0.4) is 0 Å². The number of rotatable bonds is 10. The van der Waals surface area contributed by atoms with Crippen LogP contribution in [0.15, 0.2) is 0 Å². The van der Waals surface area contributed by atoms with Gasteiger partial charge in [0.1, 0.15) is 0 Å². The molecule has 0 saturated carbocycles. The molecule has 1 atom stereocenters. The van der Waals surface area contributed by atoms with E-state index in [2.05, 4.69) is 0 Å². The van der Waals surface area contributed by atoms with Gasteiger partial charge in [0, 0.05) is 13.1 Å². The van der Waals surface area contributed by atoms with Crippen molar-refractivity contribution in [2.75, 3.05) is 39.5 Å². The Morgan fingerprint density at radius 3 is 2.41 bits per heavy atom. The third-order valence-corrected chi connectivity index (χ3v) is 2.10. The van der Waals surface area contributed by atoms with Crippen molar-refractivity contribution < 1.29 is 29.6 Å². The molecule has 0 saturated heterocycles. The summed E-state index contributed by atoms with van der Waals surface area (Å²) in [6.07, 6.45) is 0. The number of nitrogens with zero attached hydrogens (tertiary/aromatic N) is 1. The highest BCUT2D eigenvalue weighted by Crippen LogP contribution is 2.00. The van der Waals surface area contributed by atoms with Crippen molar-refractivity contribution in [2.24, 2.45) is 5.92 Å². The number of carboxylic acid groups (broad SMARTS) is 2. The lowest BCUT2D eigenvalue weighted by atomic mass is 10.1. The lowest BCUT2D eigenvalue weighted by Crippen LogP contribution is -2.38. The molecule has 0 bridgehead atoms. The van der Waals surface area contributed by atoms with Gasteiger partial charge in [0.15, 0.2) is 0 Å². The summed E-state index contributed by atoms with van der Waals surface area (Å²) in [6, 6.07) is 0. The molecule has 0 aliphatic rings. The minimum atomic E-state index is -1.01. The van der Waals surface area contributed by atoms with Crippen LogP contribution in [0.1, 0.15) is 6.92 Å². The Morgan fingerprint density at radius 1 is 1.29 bits per heavy atom. The second-order valence-corrected chi connectivity index (χ2v) is 3.70. The summed E-state index contributed by atoms with van der Waals surface area (Å²) in [6.45, 7) is 2.14. The molecule has 0 amide bonds. The van der Waals surface area contributed by atoms with Crippen molar-refractivity contribution >= 4 is 11.9 Å². The molecule has 0 fully saturated rings. The number of carbonyl (C=O) groups is 2. The summed E-state index contributed by atoms with van der Waals surface area (Å²) in [5.41, 5.74) is 0. The maximum atomic E-state index is 10.7. The monoisotopic (exact) mass is 249 g/mol. The van der Waals surface area contributed by atoms with Gasteiger partial charge in [0.2, 0.25) is 0 Å². The summed E-state index contributed by atoms with van der Waals surface area (Å²) in [5.74, 6) is -2.60. The average molecular weight is 249 g/mol. The highest BCUT2D eigenvalue weighted by molar-refractivity contribution is 5.70. The molecule has 0 rings (SSSR count). The van der Waals surface area contributed by atoms with Gasteiger partial charge in [-0.15, -0.1) is 0 Å². The van der Waals surface area contributed by atoms with Gasteiger partial charge in [0.25, 0.3) is 0 Å². The van der Waals surface area contributed by atoms with Crippen LogP contribution >= 0.6 is 0 Å². The molecule has 0 heterocycles. The van der Waals surface area contributed by atoms with E-state index in [4.69, 9.17) is 20.1 Å². The Hall–Kier alpha value is -1.18. The Bertz CT molecular complexity index is 245. The lowest BCUT2D eigenvalue weighted by molar-refractivity contribution is -0.144. The second kappa shape index (κ2) is 8.91. The van der Waals surface area contributed by atoms with Gasteiger partial charge in [-0.25, -0.2) is 0 Å². The van der Waals surface area contributed by atoms with E-state index >= 15 is 0 Å². The molecule has 0 radical (unpaired) electrons. The van der Waals surface area contributed by atoms with Crippen LogP contribution in [0, 0.1) is 5.92 Å². The Morgan fingerprint density at radius 2 is 1.94 bits per heavy atom. The number of aliphatic carboxylic acids is 2. The van der Waals surface area contributed by atoms with E-state index in [0.717, 1.165) is 0 Å². The minimum Gasteiger partial charge on any atom is -0.481 e. The fraction of sp³-hybridized carbons (Fsp3) is 0.800. The molecule has 3 N–H and O–H groups in total. The molecule has 0 aliphatic heterocycles. The van der Waals surface area contributed by atoms with E-state index in [-0.39, 0.29) is 32.9 Å². The van der Waals surface area contributed by atoms with Gasteiger partial charge >= 0.3 is 11.9 Å². The average Bonchev–Trinajstić information content (AvgIpc) is 2.23. The van der Waals surface area contributed by atoms with Crippen LogP contribution in [0.25, 0.3) is 0 Å². The Balaban J connectivity index is 4.04. The number of carboxylic acids is 2. The van der Waals surface area contributed by atoms with Crippen LogP contribution in [0.2, 0.25) is 0 Å². The third kappa shape index (κ3) is 8.61. The molecular weight excluding hydrogens is 230 g/mol. The molecule has 1 unspecified atom stereocenters. The fourth-order valence-electron chi connectivity index (χ4n) is 1.25. The van der Waals surface area contributed by atoms with Gasteiger partial charge < -0.3 is 20.1 Å². The quantitative estimate of drug-likeness (QED) is 0.431.